The second-order valence-electron chi connectivity index (χ2n) is 4.23. The van der Waals surface area contributed by atoms with Crippen LogP contribution in [-0.2, 0) is 0 Å². The summed E-state index contributed by atoms with van der Waals surface area (Å²) in [5.41, 5.74) is 0.614. The van der Waals surface area contributed by atoms with Gasteiger partial charge in [-0.15, -0.1) is 0 Å². The number of benzene rings is 1. The Kier molecular flexibility index (Phi) is 4.97. The number of amides is 1. The Hall–Kier alpha value is -1.55. The van der Waals surface area contributed by atoms with Crippen molar-refractivity contribution in [3.8, 4) is 5.75 Å². The Morgan fingerprint density at radius 3 is 2.24 bits per heavy atom. The predicted molar refractivity (Wildman–Crippen MR) is 68.2 cm³/mol. The molecule has 0 saturated heterocycles. The number of hydrogen-bond donors (Lipinski definition) is 1. The molecule has 1 N–H and O–H groups in total. The second kappa shape index (κ2) is 6.25. The van der Waals surface area contributed by atoms with Crippen LogP contribution >= 0.6 is 0 Å². The number of hydrogen-bond acceptors (Lipinski definition) is 3. The Labute approximate surface area is 102 Å². The molecule has 1 aromatic rings. The molecule has 0 saturated carbocycles. The first-order valence-electron chi connectivity index (χ1n) is 5.77. The lowest BCUT2D eigenvalue weighted by molar-refractivity contribution is 0.0754. The molecule has 1 rings (SSSR count). The van der Waals surface area contributed by atoms with Gasteiger partial charge in [0.05, 0.1) is 0 Å². The number of rotatable bonds is 5. The molecule has 0 radical (unpaired) electrons. The molecule has 1 amide bonds. The van der Waals surface area contributed by atoms with Crippen LogP contribution in [0.4, 0.5) is 0 Å². The zero-order chi connectivity index (χ0) is 12.8. The van der Waals surface area contributed by atoms with Gasteiger partial charge in [-0.1, -0.05) is 0 Å². The number of phenolic OH excluding ortho intramolecular Hbond substituents is 1. The van der Waals surface area contributed by atoms with Crippen molar-refractivity contribution in [1.82, 2.24) is 9.80 Å². The maximum absolute atomic E-state index is 12.1. The number of phenols is 1. The van der Waals surface area contributed by atoms with E-state index in [2.05, 4.69) is 0 Å². The summed E-state index contributed by atoms with van der Waals surface area (Å²) in [6, 6.07) is 6.37. The molecule has 0 aliphatic carbocycles. The Balaban J connectivity index is 2.68. The Bertz CT molecular complexity index is 360. The quantitative estimate of drug-likeness (QED) is 0.840. The molecule has 94 valence electrons. The summed E-state index contributed by atoms with van der Waals surface area (Å²) in [4.78, 5) is 16.0. The fourth-order valence-electron chi connectivity index (χ4n) is 1.51. The minimum atomic E-state index is 0.00866. The molecule has 0 bridgehead atoms. The van der Waals surface area contributed by atoms with Gasteiger partial charge in [0.1, 0.15) is 5.75 Å². The average molecular weight is 236 g/mol. The van der Waals surface area contributed by atoms with E-state index in [4.69, 9.17) is 0 Å². The molecule has 0 fully saturated rings. The SMILES string of the molecule is CCN(CCN(C)C)C(=O)c1ccc(O)cc1. The van der Waals surface area contributed by atoms with Crippen LogP contribution in [-0.4, -0.2) is 54.5 Å². The standard InChI is InChI=1S/C13H20N2O2/c1-4-15(10-9-14(2)3)13(17)11-5-7-12(16)8-6-11/h5-8,16H,4,9-10H2,1-3H3. The molecule has 0 aliphatic heterocycles. The first-order valence-corrected chi connectivity index (χ1v) is 5.77. The van der Waals surface area contributed by atoms with E-state index in [-0.39, 0.29) is 11.7 Å². The summed E-state index contributed by atoms with van der Waals surface area (Å²) in [6.07, 6.45) is 0. The fourth-order valence-corrected chi connectivity index (χ4v) is 1.51. The van der Waals surface area contributed by atoms with Crippen LogP contribution in [0.3, 0.4) is 0 Å². The zero-order valence-corrected chi connectivity index (χ0v) is 10.7. The van der Waals surface area contributed by atoms with E-state index in [1.807, 2.05) is 25.9 Å². The third-order valence-corrected chi connectivity index (χ3v) is 2.60. The summed E-state index contributed by atoms with van der Waals surface area (Å²) in [5, 5.41) is 9.18. The number of likely N-dealkylation sites (N-methyl/N-ethyl adjacent to an activating group) is 2. The first-order chi connectivity index (χ1) is 8.04. The molecular formula is C13H20N2O2. The molecule has 1 aromatic carbocycles. The summed E-state index contributed by atoms with van der Waals surface area (Å²) in [7, 11) is 3.97. The highest BCUT2D eigenvalue weighted by molar-refractivity contribution is 5.94. The molecule has 0 atom stereocenters. The van der Waals surface area contributed by atoms with Gasteiger partial charge in [-0.3, -0.25) is 4.79 Å². The third-order valence-electron chi connectivity index (χ3n) is 2.60. The van der Waals surface area contributed by atoms with Crippen LogP contribution in [0.5, 0.6) is 5.75 Å². The van der Waals surface area contributed by atoms with Crippen molar-refractivity contribution in [1.29, 1.82) is 0 Å². The highest BCUT2D eigenvalue weighted by Gasteiger charge is 2.13. The highest BCUT2D eigenvalue weighted by atomic mass is 16.3. The number of carbonyl (C=O) groups excluding carboxylic acids is 1. The Morgan fingerprint density at radius 1 is 1.18 bits per heavy atom. The van der Waals surface area contributed by atoms with Crippen molar-refractivity contribution in [2.75, 3.05) is 33.7 Å². The summed E-state index contributed by atoms with van der Waals surface area (Å²) >= 11 is 0. The average Bonchev–Trinajstić information content (AvgIpc) is 2.30. The van der Waals surface area contributed by atoms with Gasteiger partial charge >= 0.3 is 0 Å². The minimum absolute atomic E-state index is 0.00866. The van der Waals surface area contributed by atoms with Crippen molar-refractivity contribution in [3.05, 3.63) is 29.8 Å². The van der Waals surface area contributed by atoms with Gasteiger partial charge in [0, 0.05) is 25.2 Å². The largest absolute Gasteiger partial charge is 0.508 e. The van der Waals surface area contributed by atoms with Crippen LogP contribution in [0.25, 0.3) is 0 Å². The number of carbonyl (C=O) groups is 1. The van der Waals surface area contributed by atoms with Gasteiger partial charge in [-0.25, -0.2) is 0 Å². The van der Waals surface area contributed by atoms with E-state index in [1.165, 1.54) is 12.1 Å². The van der Waals surface area contributed by atoms with E-state index >= 15 is 0 Å². The summed E-state index contributed by atoms with van der Waals surface area (Å²) in [6.45, 7) is 4.21. The van der Waals surface area contributed by atoms with Gasteiger partial charge in [0.2, 0.25) is 0 Å². The van der Waals surface area contributed by atoms with E-state index in [0.29, 0.717) is 18.7 Å². The lowest BCUT2D eigenvalue weighted by Gasteiger charge is -2.22. The van der Waals surface area contributed by atoms with Crippen molar-refractivity contribution >= 4 is 5.91 Å². The molecule has 4 heteroatoms. The third kappa shape index (κ3) is 4.07. The fraction of sp³-hybridized carbons (Fsp3) is 0.462. The van der Waals surface area contributed by atoms with E-state index in [0.717, 1.165) is 6.54 Å². The first kappa shape index (κ1) is 13.5. The van der Waals surface area contributed by atoms with Crippen LogP contribution < -0.4 is 0 Å². The zero-order valence-electron chi connectivity index (χ0n) is 10.7. The van der Waals surface area contributed by atoms with Crippen LogP contribution in [0, 0.1) is 0 Å². The lowest BCUT2D eigenvalue weighted by Crippen LogP contribution is -2.36. The molecular weight excluding hydrogens is 216 g/mol. The topological polar surface area (TPSA) is 43.8 Å². The van der Waals surface area contributed by atoms with Crippen LogP contribution in [0.1, 0.15) is 17.3 Å². The molecule has 0 aromatic heterocycles. The van der Waals surface area contributed by atoms with Gasteiger partial charge in [-0.05, 0) is 45.3 Å². The van der Waals surface area contributed by atoms with Gasteiger partial charge in [0.15, 0.2) is 0 Å². The molecule has 17 heavy (non-hydrogen) atoms. The van der Waals surface area contributed by atoms with Gasteiger partial charge in [0.25, 0.3) is 5.91 Å². The predicted octanol–water partition coefficient (Wildman–Crippen LogP) is 1.42. The molecule has 0 heterocycles. The van der Waals surface area contributed by atoms with Crippen molar-refractivity contribution in [2.45, 2.75) is 6.92 Å². The highest BCUT2D eigenvalue weighted by Crippen LogP contribution is 2.11. The van der Waals surface area contributed by atoms with Crippen molar-refractivity contribution in [3.63, 3.8) is 0 Å². The molecule has 0 unspecified atom stereocenters. The lowest BCUT2D eigenvalue weighted by atomic mass is 10.2. The number of nitrogens with zero attached hydrogens (tertiary/aromatic N) is 2. The molecule has 4 nitrogen and oxygen atoms in total. The maximum Gasteiger partial charge on any atom is 0.253 e. The molecule has 0 aliphatic rings. The summed E-state index contributed by atoms with van der Waals surface area (Å²) < 4.78 is 0. The van der Waals surface area contributed by atoms with E-state index in [1.54, 1.807) is 17.0 Å². The monoisotopic (exact) mass is 236 g/mol. The van der Waals surface area contributed by atoms with Crippen molar-refractivity contribution < 1.29 is 9.90 Å². The Morgan fingerprint density at radius 2 is 1.76 bits per heavy atom. The summed E-state index contributed by atoms with van der Waals surface area (Å²) in [5.74, 6) is 0.187. The van der Waals surface area contributed by atoms with Crippen molar-refractivity contribution in [2.24, 2.45) is 0 Å². The maximum atomic E-state index is 12.1. The second-order valence-corrected chi connectivity index (χ2v) is 4.23. The van der Waals surface area contributed by atoms with E-state index < -0.39 is 0 Å². The normalized spacial score (nSPS) is 10.6. The van der Waals surface area contributed by atoms with Crippen LogP contribution in [0.2, 0.25) is 0 Å². The van der Waals surface area contributed by atoms with Gasteiger partial charge in [-0.2, -0.15) is 0 Å². The minimum Gasteiger partial charge on any atom is -0.508 e. The molecule has 0 spiro atoms. The van der Waals surface area contributed by atoms with Gasteiger partial charge < -0.3 is 14.9 Å². The van der Waals surface area contributed by atoms with E-state index in [9.17, 15) is 9.90 Å². The van der Waals surface area contributed by atoms with Crippen LogP contribution in [0.15, 0.2) is 24.3 Å². The number of aromatic hydroxyl groups is 1. The smallest absolute Gasteiger partial charge is 0.253 e.